The number of anilines is 3. The monoisotopic (exact) mass is 435 g/mol. The fourth-order valence-electron chi connectivity index (χ4n) is 4.16. The first kappa shape index (κ1) is 21.4. The quantitative estimate of drug-likeness (QED) is 0.537. The maximum atomic E-state index is 12.9. The molecule has 9 heteroatoms. The fraction of sp³-hybridized carbons (Fsp3) is 0.304. The molecular weight excluding hydrogens is 410 g/mol. The van der Waals surface area contributed by atoms with Crippen molar-refractivity contribution < 1.29 is 19.2 Å². The topological polar surface area (TPSA) is 120 Å². The van der Waals surface area contributed by atoms with Crippen LogP contribution in [0.3, 0.4) is 0 Å². The van der Waals surface area contributed by atoms with Crippen LogP contribution in [0.2, 0.25) is 0 Å². The van der Waals surface area contributed by atoms with E-state index in [1.807, 2.05) is 18.2 Å². The van der Waals surface area contributed by atoms with E-state index < -0.39 is 29.6 Å². The molecule has 9 nitrogen and oxygen atoms in total. The van der Waals surface area contributed by atoms with Crippen LogP contribution in [-0.2, 0) is 9.59 Å². The van der Waals surface area contributed by atoms with E-state index in [2.05, 4.69) is 21.3 Å². The highest BCUT2D eigenvalue weighted by Gasteiger charge is 2.54. The van der Waals surface area contributed by atoms with Gasteiger partial charge in [0.1, 0.15) is 11.6 Å². The van der Waals surface area contributed by atoms with E-state index in [9.17, 15) is 19.2 Å². The van der Waals surface area contributed by atoms with Gasteiger partial charge >= 0.3 is 12.1 Å². The predicted octanol–water partition coefficient (Wildman–Crippen LogP) is 3.52. The second kappa shape index (κ2) is 8.70. The molecule has 166 valence electrons. The van der Waals surface area contributed by atoms with E-state index in [0.29, 0.717) is 29.9 Å². The maximum Gasteiger partial charge on any atom is 0.325 e. The van der Waals surface area contributed by atoms with E-state index in [1.54, 1.807) is 36.4 Å². The minimum Gasteiger partial charge on any atom is -0.324 e. The minimum absolute atomic E-state index is 0.337. The summed E-state index contributed by atoms with van der Waals surface area (Å²) in [6.45, 7) is 1.52. The number of para-hydroxylation sites is 1. The Morgan fingerprint density at radius 2 is 1.50 bits per heavy atom. The minimum atomic E-state index is -0.972. The Labute approximate surface area is 185 Å². The van der Waals surface area contributed by atoms with Gasteiger partial charge in [-0.2, -0.15) is 0 Å². The van der Waals surface area contributed by atoms with Gasteiger partial charge in [0, 0.05) is 17.1 Å². The van der Waals surface area contributed by atoms with Crippen molar-refractivity contribution in [1.82, 2.24) is 10.2 Å². The standard InChI is InChI=1S/C23H25N5O4/c1-15(28-20(30)23(27-22(28)32)12-5-6-13-23)19(29)24-17-10-7-11-18(14-17)26-21(31)25-16-8-3-2-4-9-16/h2-4,7-11,14-15H,5-6,12-13H2,1H3,(H,24,29)(H,27,32)(H2,25,26,31). The zero-order chi connectivity index (χ0) is 22.7. The van der Waals surface area contributed by atoms with Crippen molar-refractivity contribution >= 4 is 40.9 Å². The molecule has 32 heavy (non-hydrogen) atoms. The van der Waals surface area contributed by atoms with Crippen molar-refractivity contribution in [3.63, 3.8) is 0 Å². The molecule has 1 aliphatic carbocycles. The molecule has 1 aliphatic heterocycles. The summed E-state index contributed by atoms with van der Waals surface area (Å²) < 4.78 is 0. The van der Waals surface area contributed by atoms with Crippen LogP contribution in [0.15, 0.2) is 54.6 Å². The average molecular weight is 435 g/mol. The summed E-state index contributed by atoms with van der Waals surface area (Å²) in [7, 11) is 0. The number of urea groups is 2. The van der Waals surface area contributed by atoms with Gasteiger partial charge in [0.25, 0.3) is 5.91 Å². The van der Waals surface area contributed by atoms with Crippen molar-refractivity contribution in [3.05, 3.63) is 54.6 Å². The Balaban J connectivity index is 1.38. The molecule has 0 radical (unpaired) electrons. The molecule has 2 aromatic rings. The van der Waals surface area contributed by atoms with Gasteiger partial charge in [-0.25, -0.2) is 14.5 Å². The lowest BCUT2D eigenvalue weighted by Gasteiger charge is -2.23. The van der Waals surface area contributed by atoms with Crippen molar-refractivity contribution in [2.75, 3.05) is 16.0 Å². The van der Waals surface area contributed by atoms with Crippen LogP contribution in [0.4, 0.5) is 26.7 Å². The fourth-order valence-corrected chi connectivity index (χ4v) is 4.16. The predicted molar refractivity (Wildman–Crippen MR) is 120 cm³/mol. The zero-order valence-corrected chi connectivity index (χ0v) is 17.7. The Morgan fingerprint density at radius 1 is 0.906 bits per heavy atom. The van der Waals surface area contributed by atoms with Gasteiger partial charge in [-0.05, 0) is 50.1 Å². The number of hydrogen-bond acceptors (Lipinski definition) is 4. The van der Waals surface area contributed by atoms with Crippen LogP contribution in [0.25, 0.3) is 0 Å². The first-order valence-corrected chi connectivity index (χ1v) is 10.6. The zero-order valence-electron chi connectivity index (χ0n) is 17.7. The number of carbonyl (C=O) groups is 4. The molecule has 2 aromatic carbocycles. The second-order valence-electron chi connectivity index (χ2n) is 8.09. The van der Waals surface area contributed by atoms with Crippen LogP contribution in [-0.4, -0.2) is 40.4 Å². The summed E-state index contributed by atoms with van der Waals surface area (Å²) in [4.78, 5) is 51.3. The van der Waals surface area contributed by atoms with Crippen LogP contribution >= 0.6 is 0 Å². The highest BCUT2D eigenvalue weighted by molar-refractivity contribution is 6.11. The molecular formula is C23H25N5O4. The molecule has 2 aliphatic rings. The van der Waals surface area contributed by atoms with Crippen molar-refractivity contribution in [2.24, 2.45) is 0 Å². The van der Waals surface area contributed by atoms with Gasteiger partial charge in [0.15, 0.2) is 0 Å². The summed E-state index contributed by atoms with van der Waals surface area (Å²) >= 11 is 0. The lowest BCUT2D eigenvalue weighted by Crippen LogP contribution is -2.48. The lowest BCUT2D eigenvalue weighted by atomic mass is 9.97. The highest BCUT2D eigenvalue weighted by Crippen LogP contribution is 2.35. The number of benzene rings is 2. The Kier molecular flexibility index (Phi) is 5.81. The lowest BCUT2D eigenvalue weighted by molar-refractivity contribution is -0.136. The van der Waals surface area contributed by atoms with Gasteiger partial charge in [-0.3, -0.25) is 9.59 Å². The number of rotatable bonds is 5. The molecule has 1 saturated carbocycles. The van der Waals surface area contributed by atoms with Crippen molar-refractivity contribution in [1.29, 1.82) is 0 Å². The van der Waals surface area contributed by atoms with E-state index in [4.69, 9.17) is 0 Å². The van der Waals surface area contributed by atoms with Gasteiger partial charge in [0.2, 0.25) is 5.91 Å². The first-order valence-electron chi connectivity index (χ1n) is 10.6. The molecule has 1 saturated heterocycles. The highest BCUT2D eigenvalue weighted by atomic mass is 16.2. The van der Waals surface area contributed by atoms with Crippen molar-refractivity contribution in [2.45, 2.75) is 44.2 Å². The summed E-state index contributed by atoms with van der Waals surface area (Å²) in [6.07, 6.45) is 2.94. The second-order valence-corrected chi connectivity index (χ2v) is 8.09. The van der Waals surface area contributed by atoms with E-state index in [-0.39, 0.29) is 5.91 Å². The number of hydrogen-bond donors (Lipinski definition) is 4. The third kappa shape index (κ3) is 4.27. The molecule has 0 bridgehead atoms. The van der Waals surface area contributed by atoms with Gasteiger partial charge in [0.05, 0.1) is 0 Å². The normalized spacial score (nSPS) is 17.7. The van der Waals surface area contributed by atoms with Crippen LogP contribution in [0.5, 0.6) is 0 Å². The van der Waals surface area contributed by atoms with Crippen LogP contribution < -0.4 is 21.3 Å². The molecule has 1 atom stereocenters. The molecule has 6 amide bonds. The molecule has 1 spiro atoms. The summed E-state index contributed by atoms with van der Waals surface area (Å²) in [6, 6.07) is 13.7. The first-order chi connectivity index (χ1) is 15.4. The molecule has 1 unspecified atom stereocenters. The number of carbonyl (C=O) groups excluding carboxylic acids is 4. The number of nitrogens with zero attached hydrogens (tertiary/aromatic N) is 1. The van der Waals surface area contributed by atoms with Gasteiger partial charge < -0.3 is 21.3 Å². The van der Waals surface area contributed by atoms with Crippen LogP contribution in [0, 0.1) is 0 Å². The number of nitrogens with one attached hydrogen (secondary N) is 4. The number of amides is 6. The van der Waals surface area contributed by atoms with E-state index in [1.165, 1.54) is 6.92 Å². The Morgan fingerprint density at radius 3 is 2.19 bits per heavy atom. The average Bonchev–Trinajstić information content (AvgIpc) is 3.33. The Bertz CT molecular complexity index is 1050. The van der Waals surface area contributed by atoms with Gasteiger partial charge in [-0.15, -0.1) is 0 Å². The third-order valence-electron chi connectivity index (χ3n) is 5.84. The molecule has 2 fully saturated rings. The molecule has 4 N–H and O–H groups in total. The van der Waals surface area contributed by atoms with E-state index in [0.717, 1.165) is 17.7 Å². The SMILES string of the molecule is CC(C(=O)Nc1cccc(NC(=O)Nc2ccccc2)c1)N1C(=O)NC2(CCCC2)C1=O. The summed E-state index contributed by atoms with van der Waals surface area (Å²) in [5, 5.41) is 10.9. The van der Waals surface area contributed by atoms with Crippen LogP contribution in [0.1, 0.15) is 32.6 Å². The Hall–Kier alpha value is -3.88. The van der Waals surface area contributed by atoms with Gasteiger partial charge in [-0.1, -0.05) is 37.1 Å². The summed E-state index contributed by atoms with van der Waals surface area (Å²) in [5.74, 6) is -0.829. The van der Waals surface area contributed by atoms with Crippen molar-refractivity contribution in [3.8, 4) is 0 Å². The number of imide groups is 1. The summed E-state index contributed by atoms with van der Waals surface area (Å²) in [5.41, 5.74) is 0.698. The largest absolute Gasteiger partial charge is 0.325 e. The smallest absolute Gasteiger partial charge is 0.324 e. The molecule has 4 rings (SSSR count). The molecule has 0 aromatic heterocycles. The maximum absolute atomic E-state index is 12.9. The molecule has 1 heterocycles. The third-order valence-corrected chi connectivity index (χ3v) is 5.84. The van der Waals surface area contributed by atoms with E-state index >= 15 is 0 Å².